The van der Waals surface area contributed by atoms with Crippen LogP contribution in [0.1, 0.15) is 27.2 Å². The molecule has 3 nitrogen and oxygen atoms in total. The maximum atomic E-state index is 10.6. The van der Waals surface area contributed by atoms with Crippen LogP contribution in [0.3, 0.4) is 0 Å². The van der Waals surface area contributed by atoms with Crippen molar-refractivity contribution >= 4 is 5.97 Å². The topological polar surface area (TPSA) is 40.5 Å². The molecule has 0 aromatic rings. The van der Waals surface area contributed by atoms with Gasteiger partial charge < -0.3 is 5.11 Å². The Morgan fingerprint density at radius 3 is 2.27 bits per heavy atom. The van der Waals surface area contributed by atoms with Crippen molar-refractivity contribution in [2.75, 3.05) is 6.54 Å². The zero-order valence-electron chi connectivity index (χ0n) is 7.29. The van der Waals surface area contributed by atoms with Gasteiger partial charge in [-0.3, -0.25) is 9.69 Å². The van der Waals surface area contributed by atoms with Crippen molar-refractivity contribution in [1.29, 1.82) is 0 Å². The molecule has 0 amide bonds. The monoisotopic (exact) mass is 157 g/mol. The number of carbonyl (C=O) groups is 1. The number of aliphatic carboxylic acids is 1. The van der Waals surface area contributed by atoms with Crippen molar-refractivity contribution in [3.63, 3.8) is 0 Å². The summed E-state index contributed by atoms with van der Waals surface area (Å²) in [7, 11) is 0. The molecule has 1 rings (SSSR count). The van der Waals surface area contributed by atoms with Gasteiger partial charge in [-0.1, -0.05) is 0 Å². The SMILES string of the molecule is CC(C(=O)O)N1CCC1(C)C. The minimum Gasteiger partial charge on any atom is -0.480 e. The Morgan fingerprint density at radius 2 is 2.18 bits per heavy atom. The molecule has 1 aliphatic heterocycles. The Labute approximate surface area is 67.0 Å². The van der Waals surface area contributed by atoms with Gasteiger partial charge in [0.05, 0.1) is 0 Å². The zero-order chi connectivity index (χ0) is 8.65. The number of hydrogen-bond acceptors (Lipinski definition) is 2. The summed E-state index contributed by atoms with van der Waals surface area (Å²) in [5, 5.41) is 8.71. The van der Waals surface area contributed by atoms with Gasteiger partial charge in [0.1, 0.15) is 6.04 Å². The number of nitrogens with zero attached hydrogens (tertiary/aromatic N) is 1. The molecule has 1 aliphatic rings. The Balaban J connectivity index is 2.56. The fourth-order valence-electron chi connectivity index (χ4n) is 1.54. The van der Waals surface area contributed by atoms with Gasteiger partial charge in [0.15, 0.2) is 0 Å². The van der Waals surface area contributed by atoms with Crippen LogP contribution in [0.5, 0.6) is 0 Å². The number of likely N-dealkylation sites (tertiary alicyclic amines) is 1. The Bertz CT molecular complexity index is 177. The van der Waals surface area contributed by atoms with E-state index in [0.29, 0.717) is 0 Å². The molecule has 0 aromatic heterocycles. The summed E-state index contributed by atoms with van der Waals surface area (Å²) in [6, 6.07) is -0.334. The molecule has 1 heterocycles. The molecular weight excluding hydrogens is 142 g/mol. The molecule has 0 bridgehead atoms. The lowest BCUT2D eigenvalue weighted by Crippen LogP contribution is -2.61. The highest BCUT2D eigenvalue weighted by molar-refractivity contribution is 5.73. The van der Waals surface area contributed by atoms with Gasteiger partial charge in [0.2, 0.25) is 0 Å². The summed E-state index contributed by atoms with van der Waals surface area (Å²) in [5.74, 6) is -0.724. The lowest BCUT2D eigenvalue weighted by Gasteiger charge is -2.50. The number of hydrogen-bond donors (Lipinski definition) is 1. The van der Waals surface area contributed by atoms with Crippen LogP contribution in [0.15, 0.2) is 0 Å². The molecule has 0 spiro atoms. The van der Waals surface area contributed by atoms with E-state index in [9.17, 15) is 4.79 Å². The van der Waals surface area contributed by atoms with E-state index < -0.39 is 5.97 Å². The van der Waals surface area contributed by atoms with E-state index in [1.807, 2.05) is 4.90 Å². The van der Waals surface area contributed by atoms with E-state index in [1.54, 1.807) is 6.92 Å². The average molecular weight is 157 g/mol. The van der Waals surface area contributed by atoms with Crippen LogP contribution in [0.2, 0.25) is 0 Å². The molecule has 1 unspecified atom stereocenters. The van der Waals surface area contributed by atoms with Gasteiger partial charge in [-0.05, 0) is 27.2 Å². The second-order valence-electron chi connectivity index (χ2n) is 3.77. The van der Waals surface area contributed by atoms with Gasteiger partial charge >= 0.3 is 5.97 Å². The minimum atomic E-state index is -0.724. The number of carboxylic acids is 1. The summed E-state index contributed by atoms with van der Waals surface area (Å²) >= 11 is 0. The zero-order valence-corrected chi connectivity index (χ0v) is 7.29. The second-order valence-corrected chi connectivity index (χ2v) is 3.77. The predicted octanol–water partition coefficient (Wildman–Crippen LogP) is 0.944. The maximum Gasteiger partial charge on any atom is 0.320 e. The largest absolute Gasteiger partial charge is 0.480 e. The third-order valence-electron chi connectivity index (χ3n) is 2.57. The minimum absolute atomic E-state index is 0.0950. The molecule has 1 atom stereocenters. The van der Waals surface area contributed by atoms with Gasteiger partial charge in [0, 0.05) is 12.1 Å². The summed E-state index contributed by atoms with van der Waals surface area (Å²) in [6.07, 6.45) is 1.10. The number of rotatable bonds is 2. The summed E-state index contributed by atoms with van der Waals surface area (Å²) < 4.78 is 0. The molecule has 64 valence electrons. The van der Waals surface area contributed by atoms with Crippen LogP contribution in [-0.2, 0) is 4.79 Å². The first-order valence-electron chi connectivity index (χ1n) is 3.95. The molecule has 0 saturated carbocycles. The molecule has 0 radical (unpaired) electrons. The maximum absolute atomic E-state index is 10.6. The molecule has 3 heteroatoms. The highest BCUT2D eigenvalue weighted by atomic mass is 16.4. The molecule has 1 N–H and O–H groups in total. The highest BCUT2D eigenvalue weighted by Crippen LogP contribution is 2.31. The van der Waals surface area contributed by atoms with E-state index in [-0.39, 0.29) is 11.6 Å². The fraction of sp³-hybridized carbons (Fsp3) is 0.875. The van der Waals surface area contributed by atoms with Crippen LogP contribution >= 0.6 is 0 Å². The smallest absolute Gasteiger partial charge is 0.320 e. The predicted molar refractivity (Wildman–Crippen MR) is 42.5 cm³/mol. The normalized spacial score (nSPS) is 25.7. The Kier molecular flexibility index (Phi) is 1.92. The molecule has 0 aromatic carbocycles. The van der Waals surface area contributed by atoms with E-state index in [4.69, 9.17) is 5.11 Å². The van der Waals surface area contributed by atoms with Crippen LogP contribution in [0.25, 0.3) is 0 Å². The fourth-order valence-corrected chi connectivity index (χ4v) is 1.54. The average Bonchev–Trinajstić information content (AvgIpc) is 1.85. The first-order chi connectivity index (χ1) is 4.95. The first-order valence-corrected chi connectivity index (χ1v) is 3.95. The summed E-state index contributed by atoms with van der Waals surface area (Å²) in [5.41, 5.74) is 0.0950. The lowest BCUT2D eigenvalue weighted by molar-refractivity contribution is -0.149. The van der Waals surface area contributed by atoms with Gasteiger partial charge in [-0.2, -0.15) is 0 Å². The van der Waals surface area contributed by atoms with E-state index in [2.05, 4.69) is 13.8 Å². The quantitative estimate of drug-likeness (QED) is 0.648. The van der Waals surface area contributed by atoms with Gasteiger partial charge in [-0.15, -0.1) is 0 Å². The third kappa shape index (κ3) is 1.38. The standard InChI is InChI=1S/C8H15NO2/c1-6(7(10)11)9-5-4-8(9,2)3/h6H,4-5H2,1-3H3,(H,10,11). The van der Waals surface area contributed by atoms with Crippen LogP contribution in [0, 0.1) is 0 Å². The number of carboxylic acid groups (broad SMARTS) is 1. The highest BCUT2D eigenvalue weighted by Gasteiger charge is 2.40. The van der Waals surface area contributed by atoms with Crippen molar-refractivity contribution < 1.29 is 9.90 Å². The van der Waals surface area contributed by atoms with Crippen LogP contribution in [-0.4, -0.2) is 34.1 Å². The van der Waals surface area contributed by atoms with Gasteiger partial charge in [0.25, 0.3) is 0 Å². The van der Waals surface area contributed by atoms with Crippen molar-refractivity contribution in [1.82, 2.24) is 4.90 Å². The summed E-state index contributed by atoms with van der Waals surface area (Å²) in [6.45, 7) is 6.82. The summed E-state index contributed by atoms with van der Waals surface area (Å²) in [4.78, 5) is 12.6. The Morgan fingerprint density at radius 1 is 1.64 bits per heavy atom. The van der Waals surface area contributed by atoms with E-state index in [1.165, 1.54) is 0 Å². The third-order valence-corrected chi connectivity index (χ3v) is 2.57. The van der Waals surface area contributed by atoms with Crippen molar-refractivity contribution in [3.05, 3.63) is 0 Å². The molecule has 0 aliphatic carbocycles. The van der Waals surface area contributed by atoms with Crippen molar-refractivity contribution in [2.45, 2.75) is 38.8 Å². The molecule has 1 saturated heterocycles. The van der Waals surface area contributed by atoms with Crippen molar-refractivity contribution in [3.8, 4) is 0 Å². The molecular formula is C8H15NO2. The molecule has 11 heavy (non-hydrogen) atoms. The van der Waals surface area contributed by atoms with Crippen LogP contribution < -0.4 is 0 Å². The van der Waals surface area contributed by atoms with Crippen molar-refractivity contribution in [2.24, 2.45) is 0 Å². The lowest BCUT2D eigenvalue weighted by atomic mass is 9.87. The first kappa shape index (κ1) is 8.53. The van der Waals surface area contributed by atoms with E-state index in [0.717, 1.165) is 13.0 Å². The second kappa shape index (κ2) is 2.48. The van der Waals surface area contributed by atoms with Gasteiger partial charge in [-0.25, -0.2) is 0 Å². The Hall–Kier alpha value is -0.570. The molecule has 1 fully saturated rings. The van der Waals surface area contributed by atoms with Crippen LogP contribution in [0.4, 0.5) is 0 Å². The van der Waals surface area contributed by atoms with E-state index >= 15 is 0 Å².